The molecule has 4 heteroatoms. The molecule has 0 atom stereocenters. The zero-order chi connectivity index (χ0) is 15.2. The number of aliphatic hydroxyl groups is 1. The number of carbonyl (C=O) groups excluding carboxylic acids is 1. The van der Waals surface area contributed by atoms with E-state index >= 15 is 0 Å². The number of aryl methyl sites for hydroxylation is 1. The molecule has 0 saturated carbocycles. The topological polar surface area (TPSA) is 40.5 Å². The van der Waals surface area contributed by atoms with Crippen LogP contribution in [0.15, 0.2) is 53.0 Å². The number of nitrogens with zero attached hydrogens (tertiary/aromatic N) is 1. The second kappa shape index (κ2) is 7.38. The van der Waals surface area contributed by atoms with Crippen molar-refractivity contribution in [2.45, 2.75) is 13.5 Å². The van der Waals surface area contributed by atoms with Gasteiger partial charge in [0.25, 0.3) is 5.91 Å². The van der Waals surface area contributed by atoms with Gasteiger partial charge in [-0.05, 0) is 30.2 Å². The van der Waals surface area contributed by atoms with Crippen LogP contribution in [0.4, 0.5) is 0 Å². The van der Waals surface area contributed by atoms with E-state index in [1.54, 1.807) is 4.90 Å². The van der Waals surface area contributed by atoms with Crippen molar-refractivity contribution >= 4 is 21.8 Å². The van der Waals surface area contributed by atoms with Gasteiger partial charge >= 0.3 is 0 Å². The van der Waals surface area contributed by atoms with Crippen molar-refractivity contribution in [3.63, 3.8) is 0 Å². The average molecular weight is 348 g/mol. The third kappa shape index (κ3) is 4.16. The van der Waals surface area contributed by atoms with E-state index in [0.29, 0.717) is 18.7 Å². The summed E-state index contributed by atoms with van der Waals surface area (Å²) in [6, 6.07) is 15.4. The molecule has 0 aliphatic heterocycles. The molecule has 0 spiro atoms. The summed E-state index contributed by atoms with van der Waals surface area (Å²) in [5.41, 5.74) is 2.64. The van der Waals surface area contributed by atoms with Crippen LogP contribution in [0.1, 0.15) is 21.5 Å². The highest BCUT2D eigenvalue weighted by molar-refractivity contribution is 9.10. The second-order valence-electron chi connectivity index (χ2n) is 4.90. The Labute approximate surface area is 133 Å². The maximum Gasteiger partial charge on any atom is 0.254 e. The number of hydrogen-bond acceptors (Lipinski definition) is 2. The summed E-state index contributed by atoms with van der Waals surface area (Å²) in [4.78, 5) is 14.4. The largest absolute Gasteiger partial charge is 0.395 e. The summed E-state index contributed by atoms with van der Waals surface area (Å²) in [5, 5.41) is 9.23. The van der Waals surface area contributed by atoms with Gasteiger partial charge in [0, 0.05) is 23.1 Å². The molecule has 1 amide bonds. The van der Waals surface area contributed by atoms with Gasteiger partial charge in [-0.1, -0.05) is 52.3 Å². The van der Waals surface area contributed by atoms with Gasteiger partial charge < -0.3 is 10.0 Å². The monoisotopic (exact) mass is 347 g/mol. The molecule has 1 N–H and O–H groups in total. The van der Waals surface area contributed by atoms with E-state index in [-0.39, 0.29) is 12.5 Å². The fourth-order valence-corrected chi connectivity index (χ4v) is 2.53. The number of halogens is 1. The standard InChI is InChI=1S/C17H18BrNO2/c1-13-7-8-15(18)11-16(13)17(21)19(9-10-20)12-14-5-3-2-4-6-14/h2-8,11,20H,9-10,12H2,1H3. The van der Waals surface area contributed by atoms with Gasteiger partial charge in [-0.25, -0.2) is 0 Å². The molecule has 21 heavy (non-hydrogen) atoms. The molecule has 0 aliphatic rings. The highest BCUT2D eigenvalue weighted by Gasteiger charge is 2.17. The highest BCUT2D eigenvalue weighted by Crippen LogP contribution is 2.19. The fraction of sp³-hybridized carbons (Fsp3) is 0.235. The first-order chi connectivity index (χ1) is 10.1. The Bertz CT molecular complexity index is 613. The van der Waals surface area contributed by atoms with Gasteiger partial charge in [0.1, 0.15) is 0 Å². The normalized spacial score (nSPS) is 10.4. The Morgan fingerprint density at radius 3 is 2.57 bits per heavy atom. The molecule has 110 valence electrons. The van der Waals surface area contributed by atoms with Crippen LogP contribution in [0.3, 0.4) is 0 Å². The maximum atomic E-state index is 12.7. The van der Waals surface area contributed by atoms with Gasteiger partial charge in [-0.3, -0.25) is 4.79 Å². The van der Waals surface area contributed by atoms with Crippen molar-refractivity contribution < 1.29 is 9.90 Å². The summed E-state index contributed by atoms with van der Waals surface area (Å²) in [5.74, 6) is -0.0632. The van der Waals surface area contributed by atoms with Gasteiger partial charge in [-0.2, -0.15) is 0 Å². The number of hydrogen-bond donors (Lipinski definition) is 1. The number of aliphatic hydroxyl groups excluding tert-OH is 1. The Morgan fingerprint density at radius 1 is 1.19 bits per heavy atom. The summed E-state index contributed by atoms with van der Waals surface area (Å²) in [7, 11) is 0. The molecule has 0 unspecified atom stereocenters. The lowest BCUT2D eigenvalue weighted by molar-refractivity contribution is 0.0707. The van der Waals surface area contributed by atoms with E-state index < -0.39 is 0 Å². The maximum absolute atomic E-state index is 12.7. The smallest absolute Gasteiger partial charge is 0.254 e. The van der Waals surface area contributed by atoms with E-state index in [1.165, 1.54) is 0 Å². The number of carbonyl (C=O) groups is 1. The number of rotatable bonds is 5. The van der Waals surface area contributed by atoms with Crippen LogP contribution < -0.4 is 0 Å². The van der Waals surface area contributed by atoms with E-state index in [0.717, 1.165) is 15.6 Å². The van der Waals surface area contributed by atoms with Crippen LogP contribution in [0, 0.1) is 6.92 Å². The number of amides is 1. The molecule has 0 fully saturated rings. The first-order valence-corrected chi connectivity index (χ1v) is 7.61. The van der Waals surface area contributed by atoms with Crippen molar-refractivity contribution in [1.29, 1.82) is 0 Å². The Kier molecular flexibility index (Phi) is 5.53. The zero-order valence-corrected chi connectivity index (χ0v) is 13.5. The Morgan fingerprint density at radius 2 is 1.90 bits per heavy atom. The molecule has 0 saturated heterocycles. The van der Waals surface area contributed by atoms with Crippen LogP contribution in [-0.2, 0) is 6.54 Å². The predicted molar refractivity (Wildman–Crippen MR) is 87.1 cm³/mol. The van der Waals surface area contributed by atoms with Gasteiger partial charge in [0.05, 0.1) is 6.61 Å². The first-order valence-electron chi connectivity index (χ1n) is 6.82. The Balaban J connectivity index is 2.25. The van der Waals surface area contributed by atoms with Gasteiger partial charge in [-0.15, -0.1) is 0 Å². The molecule has 3 nitrogen and oxygen atoms in total. The highest BCUT2D eigenvalue weighted by atomic mass is 79.9. The van der Waals surface area contributed by atoms with Crippen molar-refractivity contribution in [3.8, 4) is 0 Å². The minimum absolute atomic E-state index is 0.0500. The van der Waals surface area contributed by atoms with Gasteiger partial charge in [0.2, 0.25) is 0 Å². The molecule has 0 radical (unpaired) electrons. The van der Waals surface area contributed by atoms with E-state index in [2.05, 4.69) is 15.9 Å². The minimum Gasteiger partial charge on any atom is -0.395 e. The summed E-state index contributed by atoms with van der Waals surface area (Å²) in [6.45, 7) is 2.68. The van der Waals surface area contributed by atoms with Crippen LogP contribution in [0.5, 0.6) is 0 Å². The molecule has 0 aliphatic carbocycles. The minimum atomic E-state index is -0.0632. The van der Waals surface area contributed by atoms with Crippen molar-refractivity contribution in [3.05, 3.63) is 69.7 Å². The van der Waals surface area contributed by atoms with Gasteiger partial charge in [0.15, 0.2) is 0 Å². The zero-order valence-electron chi connectivity index (χ0n) is 11.9. The third-order valence-corrected chi connectivity index (χ3v) is 3.80. The average Bonchev–Trinajstić information content (AvgIpc) is 2.49. The Hall–Kier alpha value is -1.65. The lowest BCUT2D eigenvalue weighted by Crippen LogP contribution is -2.33. The second-order valence-corrected chi connectivity index (χ2v) is 5.81. The summed E-state index contributed by atoms with van der Waals surface area (Å²) < 4.78 is 0.875. The van der Waals surface area contributed by atoms with Crippen molar-refractivity contribution in [1.82, 2.24) is 4.90 Å². The lowest BCUT2D eigenvalue weighted by atomic mass is 10.1. The summed E-state index contributed by atoms with van der Waals surface area (Å²) in [6.07, 6.45) is 0. The van der Waals surface area contributed by atoms with E-state index in [9.17, 15) is 9.90 Å². The number of benzene rings is 2. The molecule has 0 aromatic heterocycles. The van der Waals surface area contributed by atoms with E-state index in [4.69, 9.17) is 0 Å². The quantitative estimate of drug-likeness (QED) is 0.900. The lowest BCUT2D eigenvalue weighted by Gasteiger charge is -2.23. The molecule has 0 heterocycles. The molecule has 2 aromatic rings. The first kappa shape index (κ1) is 15.7. The molecule has 2 rings (SSSR count). The SMILES string of the molecule is Cc1ccc(Br)cc1C(=O)N(CCO)Cc1ccccc1. The van der Waals surface area contributed by atoms with E-state index in [1.807, 2.05) is 55.5 Å². The van der Waals surface area contributed by atoms with Crippen LogP contribution >= 0.6 is 15.9 Å². The molecule has 0 bridgehead atoms. The molecular formula is C17H18BrNO2. The van der Waals surface area contributed by atoms with Crippen LogP contribution in [-0.4, -0.2) is 29.1 Å². The van der Waals surface area contributed by atoms with Crippen molar-refractivity contribution in [2.75, 3.05) is 13.2 Å². The molecular weight excluding hydrogens is 330 g/mol. The van der Waals surface area contributed by atoms with Crippen LogP contribution in [0.25, 0.3) is 0 Å². The molecule has 2 aromatic carbocycles. The summed E-state index contributed by atoms with van der Waals surface area (Å²) >= 11 is 3.40. The predicted octanol–water partition coefficient (Wildman–Crippen LogP) is 3.39. The fourth-order valence-electron chi connectivity index (χ4n) is 2.17. The third-order valence-electron chi connectivity index (χ3n) is 3.30. The van der Waals surface area contributed by atoms with Crippen molar-refractivity contribution in [2.24, 2.45) is 0 Å². The van der Waals surface area contributed by atoms with Crippen LogP contribution in [0.2, 0.25) is 0 Å².